The maximum absolute atomic E-state index is 12.0. The average Bonchev–Trinajstić information content (AvgIpc) is 3.10. The van der Waals surface area contributed by atoms with E-state index in [1.54, 1.807) is 0 Å². The molecule has 1 amide bonds. The first-order valence-corrected chi connectivity index (χ1v) is 7.75. The van der Waals surface area contributed by atoms with E-state index in [4.69, 9.17) is 0 Å². The van der Waals surface area contributed by atoms with Crippen LogP contribution in [0, 0.1) is 17.8 Å². The molecule has 21 heavy (non-hydrogen) atoms. The SMILES string of the molecule is CC(C)c1ccc(C(=O)N/N=C\[C@@H]2C[C@@H]3C=C[C@H]2C3)cc1. The summed E-state index contributed by atoms with van der Waals surface area (Å²) in [7, 11) is 0. The lowest BCUT2D eigenvalue weighted by molar-refractivity contribution is 0.0955. The minimum atomic E-state index is -0.139. The number of nitrogens with one attached hydrogen (secondary N) is 1. The Kier molecular flexibility index (Phi) is 3.91. The number of hydrogen-bond donors (Lipinski definition) is 1. The number of carbonyl (C=O) groups excluding carboxylic acids is 1. The number of allylic oxidation sites excluding steroid dienone is 2. The number of nitrogens with zero attached hydrogens (tertiary/aromatic N) is 1. The molecule has 3 heteroatoms. The lowest BCUT2D eigenvalue weighted by Gasteiger charge is -2.12. The van der Waals surface area contributed by atoms with Gasteiger partial charge in [0.05, 0.1) is 0 Å². The van der Waals surface area contributed by atoms with E-state index < -0.39 is 0 Å². The number of rotatable bonds is 4. The molecule has 0 unspecified atom stereocenters. The van der Waals surface area contributed by atoms with Gasteiger partial charge in [-0.25, -0.2) is 5.43 Å². The summed E-state index contributed by atoms with van der Waals surface area (Å²) in [6, 6.07) is 7.73. The van der Waals surface area contributed by atoms with Gasteiger partial charge in [0.2, 0.25) is 0 Å². The smallest absolute Gasteiger partial charge is 0.267 e. The van der Waals surface area contributed by atoms with Crippen molar-refractivity contribution >= 4 is 12.1 Å². The van der Waals surface area contributed by atoms with E-state index in [2.05, 4.69) is 36.5 Å². The molecular formula is C18H22N2O. The molecule has 3 atom stereocenters. The highest BCUT2D eigenvalue weighted by Crippen LogP contribution is 2.42. The van der Waals surface area contributed by atoms with Gasteiger partial charge in [-0.1, -0.05) is 38.1 Å². The van der Waals surface area contributed by atoms with Crippen LogP contribution in [0.5, 0.6) is 0 Å². The Labute approximate surface area is 126 Å². The lowest BCUT2D eigenvalue weighted by Crippen LogP contribution is -2.19. The van der Waals surface area contributed by atoms with Gasteiger partial charge in [0, 0.05) is 17.7 Å². The number of carbonyl (C=O) groups is 1. The van der Waals surface area contributed by atoms with E-state index in [-0.39, 0.29) is 5.91 Å². The molecular weight excluding hydrogens is 260 g/mol. The molecule has 1 aromatic rings. The van der Waals surface area contributed by atoms with Crippen molar-refractivity contribution in [3.63, 3.8) is 0 Å². The van der Waals surface area contributed by atoms with Crippen molar-refractivity contribution in [3.05, 3.63) is 47.5 Å². The van der Waals surface area contributed by atoms with Crippen molar-refractivity contribution in [3.8, 4) is 0 Å². The largest absolute Gasteiger partial charge is 0.271 e. The second-order valence-corrected chi connectivity index (χ2v) is 6.44. The van der Waals surface area contributed by atoms with Crippen LogP contribution in [0.25, 0.3) is 0 Å². The predicted octanol–water partition coefficient (Wildman–Crippen LogP) is 3.74. The Hall–Kier alpha value is -1.90. The van der Waals surface area contributed by atoms with Crippen molar-refractivity contribution in [1.29, 1.82) is 0 Å². The van der Waals surface area contributed by atoms with Crippen LogP contribution in [0.3, 0.4) is 0 Å². The quantitative estimate of drug-likeness (QED) is 0.510. The molecule has 2 bridgehead atoms. The highest BCUT2D eigenvalue weighted by Gasteiger charge is 2.34. The maximum atomic E-state index is 12.0. The molecule has 0 radical (unpaired) electrons. The molecule has 2 aliphatic rings. The summed E-state index contributed by atoms with van der Waals surface area (Å²) >= 11 is 0. The van der Waals surface area contributed by atoms with Crippen LogP contribution >= 0.6 is 0 Å². The first kappa shape index (κ1) is 14.1. The van der Waals surface area contributed by atoms with E-state index in [1.165, 1.54) is 18.4 Å². The normalized spacial score (nSPS) is 26.9. The molecule has 1 fully saturated rings. The van der Waals surface area contributed by atoms with Crippen LogP contribution in [-0.2, 0) is 0 Å². The Bertz CT molecular complexity index is 571. The highest BCUT2D eigenvalue weighted by molar-refractivity contribution is 5.94. The second kappa shape index (κ2) is 5.84. The number of hydrazone groups is 1. The third-order valence-corrected chi connectivity index (χ3v) is 4.60. The van der Waals surface area contributed by atoms with Crippen LogP contribution in [0.1, 0.15) is 48.5 Å². The monoisotopic (exact) mass is 282 g/mol. The topological polar surface area (TPSA) is 41.5 Å². The number of amides is 1. The molecule has 1 N–H and O–H groups in total. The molecule has 0 aromatic heterocycles. The third kappa shape index (κ3) is 3.07. The Morgan fingerprint density at radius 3 is 2.57 bits per heavy atom. The average molecular weight is 282 g/mol. The maximum Gasteiger partial charge on any atom is 0.271 e. The predicted molar refractivity (Wildman–Crippen MR) is 85.3 cm³/mol. The summed E-state index contributed by atoms with van der Waals surface area (Å²) in [4.78, 5) is 12.0. The van der Waals surface area contributed by atoms with Crippen molar-refractivity contribution in [1.82, 2.24) is 5.43 Å². The Morgan fingerprint density at radius 2 is 2.00 bits per heavy atom. The van der Waals surface area contributed by atoms with Crippen LogP contribution in [-0.4, -0.2) is 12.1 Å². The van der Waals surface area contributed by atoms with Crippen LogP contribution in [0.2, 0.25) is 0 Å². The second-order valence-electron chi connectivity index (χ2n) is 6.44. The highest BCUT2D eigenvalue weighted by atomic mass is 16.2. The van der Waals surface area contributed by atoms with Gasteiger partial charge in [-0.05, 0) is 48.3 Å². The molecule has 3 rings (SSSR count). The van der Waals surface area contributed by atoms with E-state index in [0.29, 0.717) is 23.3 Å². The summed E-state index contributed by atoms with van der Waals surface area (Å²) < 4.78 is 0. The Morgan fingerprint density at radius 1 is 1.24 bits per heavy atom. The molecule has 0 saturated heterocycles. The summed E-state index contributed by atoms with van der Waals surface area (Å²) in [6.45, 7) is 4.28. The van der Waals surface area contributed by atoms with Gasteiger partial charge < -0.3 is 0 Å². The van der Waals surface area contributed by atoms with Crippen molar-refractivity contribution in [2.45, 2.75) is 32.6 Å². The third-order valence-electron chi connectivity index (χ3n) is 4.60. The van der Waals surface area contributed by atoms with Crippen LogP contribution in [0.15, 0.2) is 41.5 Å². The zero-order chi connectivity index (χ0) is 14.8. The summed E-state index contributed by atoms with van der Waals surface area (Å²) in [5.41, 5.74) is 4.54. The Balaban J connectivity index is 1.55. The summed E-state index contributed by atoms with van der Waals surface area (Å²) in [5, 5.41) is 4.15. The van der Waals surface area contributed by atoms with Gasteiger partial charge in [-0.15, -0.1) is 0 Å². The van der Waals surface area contributed by atoms with Crippen molar-refractivity contribution in [2.75, 3.05) is 0 Å². The van der Waals surface area contributed by atoms with E-state index in [9.17, 15) is 4.79 Å². The molecule has 0 heterocycles. The van der Waals surface area contributed by atoms with Crippen LogP contribution < -0.4 is 5.43 Å². The molecule has 1 saturated carbocycles. The van der Waals surface area contributed by atoms with Gasteiger partial charge in [0.1, 0.15) is 0 Å². The van der Waals surface area contributed by atoms with Gasteiger partial charge in [0.25, 0.3) is 5.91 Å². The fourth-order valence-electron chi connectivity index (χ4n) is 3.27. The summed E-state index contributed by atoms with van der Waals surface area (Å²) in [5.74, 6) is 2.18. The number of benzene rings is 1. The molecule has 0 spiro atoms. The van der Waals surface area contributed by atoms with E-state index in [1.807, 2.05) is 30.5 Å². The van der Waals surface area contributed by atoms with E-state index >= 15 is 0 Å². The molecule has 3 nitrogen and oxygen atoms in total. The molecule has 0 aliphatic heterocycles. The lowest BCUT2D eigenvalue weighted by atomic mass is 9.95. The van der Waals surface area contributed by atoms with E-state index in [0.717, 1.165) is 5.92 Å². The number of hydrogen-bond acceptors (Lipinski definition) is 2. The minimum Gasteiger partial charge on any atom is -0.267 e. The zero-order valence-corrected chi connectivity index (χ0v) is 12.6. The van der Waals surface area contributed by atoms with Crippen molar-refractivity contribution in [2.24, 2.45) is 22.9 Å². The fraction of sp³-hybridized carbons (Fsp3) is 0.444. The van der Waals surface area contributed by atoms with Gasteiger partial charge in [-0.3, -0.25) is 4.79 Å². The van der Waals surface area contributed by atoms with Crippen molar-refractivity contribution < 1.29 is 4.79 Å². The first-order chi connectivity index (χ1) is 10.1. The van der Waals surface area contributed by atoms with Gasteiger partial charge in [-0.2, -0.15) is 5.10 Å². The van der Waals surface area contributed by atoms with Gasteiger partial charge in [0.15, 0.2) is 0 Å². The zero-order valence-electron chi connectivity index (χ0n) is 12.6. The minimum absolute atomic E-state index is 0.139. The van der Waals surface area contributed by atoms with Gasteiger partial charge >= 0.3 is 0 Å². The standard InChI is InChI=1S/C18H22N2O/c1-12(2)14-5-7-15(8-6-14)18(21)20-19-11-17-10-13-3-4-16(17)9-13/h3-8,11-13,16-17H,9-10H2,1-2H3,(H,20,21)/b19-11-/t13-,16+,17+/m1/s1. The fourth-order valence-corrected chi connectivity index (χ4v) is 3.27. The van der Waals surface area contributed by atoms with Crippen LogP contribution in [0.4, 0.5) is 0 Å². The molecule has 110 valence electrons. The first-order valence-electron chi connectivity index (χ1n) is 7.75. The molecule has 2 aliphatic carbocycles. The summed E-state index contributed by atoms with van der Waals surface area (Å²) in [6.07, 6.45) is 8.93. The number of fused-ring (bicyclic) bond motifs is 2. The molecule has 1 aromatic carbocycles.